The molecule has 3 aromatic rings. The fourth-order valence-corrected chi connectivity index (χ4v) is 3.67. The van der Waals surface area contributed by atoms with E-state index in [1.54, 1.807) is 12.4 Å². The van der Waals surface area contributed by atoms with Gasteiger partial charge in [0.15, 0.2) is 11.3 Å². The molecule has 9 heteroatoms. The summed E-state index contributed by atoms with van der Waals surface area (Å²) in [6.45, 7) is 6.15. The standard InChI is InChI=1S/C27H29F2N3O4/c1-17(2)6-5-7-18(3)10-11-31-12-13-32-16-21(24(33)25(36-4)23(32)27(31)35)26(34)30-15-19-8-9-20(28)14-22(19)29/h6,8-10,12-14,16H,5,7,11,15H2,1-4H3,(H,30,34)/b18-10+. The molecule has 2 aromatic heterocycles. The van der Waals surface area contributed by atoms with E-state index in [0.29, 0.717) is 12.6 Å². The van der Waals surface area contributed by atoms with Gasteiger partial charge in [0.25, 0.3) is 11.5 Å². The molecule has 0 aliphatic rings. The molecule has 0 radical (unpaired) electrons. The normalized spacial score (nSPS) is 11.4. The van der Waals surface area contributed by atoms with E-state index in [2.05, 4.69) is 11.4 Å². The van der Waals surface area contributed by atoms with Crippen LogP contribution in [0.15, 0.2) is 69.7 Å². The average Bonchev–Trinajstić information content (AvgIpc) is 2.82. The Labute approximate surface area is 207 Å². The molecule has 0 atom stereocenters. The Morgan fingerprint density at radius 2 is 1.86 bits per heavy atom. The van der Waals surface area contributed by atoms with E-state index in [1.165, 1.54) is 33.9 Å². The molecule has 190 valence electrons. The van der Waals surface area contributed by atoms with Gasteiger partial charge in [-0.2, -0.15) is 0 Å². The number of benzene rings is 1. The minimum absolute atomic E-state index is 0.00160. The number of fused-ring (bicyclic) bond motifs is 1. The highest BCUT2D eigenvalue weighted by atomic mass is 19.1. The molecule has 1 aromatic carbocycles. The summed E-state index contributed by atoms with van der Waals surface area (Å²) in [5.41, 5.74) is 0.957. The van der Waals surface area contributed by atoms with Gasteiger partial charge in [-0.3, -0.25) is 14.4 Å². The van der Waals surface area contributed by atoms with Gasteiger partial charge in [-0.15, -0.1) is 0 Å². The van der Waals surface area contributed by atoms with Crippen molar-refractivity contribution in [2.45, 2.75) is 46.7 Å². The molecule has 0 bridgehead atoms. The molecule has 1 N–H and O–H groups in total. The smallest absolute Gasteiger partial charge is 0.279 e. The Balaban J connectivity index is 1.89. The predicted octanol–water partition coefficient (Wildman–Crippen LogP) is 4.37. The van der Waals surface area contributed by atoms with Crippen molar-refractivity contribution in [3.63, 3.8) is 0 Å². The van der Waals surface area contributed by atoms with Gasteiger partial charge in [0.2, 0.25) is 5.43 Å². The number of allylic oxidation sites excluding steroid dienone is 4. The van der Waals surface area contributed by atoms with Crippen LogP contribution in [0.5, 0.6) is 5.75 Å². The first kappa shape index (κ1) is 26.6. The number of carbonyl (C=O) groups is 1. The Kier molecular flexibility index (Phi) is 8.58. The van der Waals surface area contributed by atoms with E-state index in [-0.39, 0.29) is 28.9 Å². The minimum atomic E-state index is -0.815. The third-order valence-electron chi connectivity index (χ3n) is 5.69. The predicted molar refractivity (Wildman–Crippen MR) is 134 cm³/mol. The van der Waals surface area contributed by atoms with Crippen LogP contribution >= 0.6 is 0 Å². The minimum Gasteiger partial charge on any atom is -0.491 e. The SMILES string of the molecule is COc1c(=O)c(C(=O)NCc2ccc(F)cc2F)cn2ccn(C/C=C(\C)CCC=C(C)C)c(=O)c12. The molecule has 0 spiro atoms. The van der Waals surface area contributed by atoms with Crippen LogP contribution in [0.2, 0.25) is 0 Å². The van der Waals surface area contributed by atoms with Crippen LogP contribution in [0, 0.1) is 11.6 Å². The monoisotopic (exact) mass is 497 g/mol. The maximum Gasteiger partial charge on any atom is 0.279 e. The number of amides is 1. The maximum absolute atomic E-state index is 13.9. The molecule has 7 nitrogen and oxygen atoms in total. The highest BCUT2D eigenvalue weighted by Gasteiger charge is 2.20. The second-order valence-corrected chi connectivity index (χ2v) is 8.71. The molecule has 3 rings (SSSR count). The molecular formula is C27H29F2N3O4. The summed E-state index contributed by atoms with van der Waals surface area (Å²) in [6, 6.07) is 2.99. The second-order valence-electron chi connectivity index (χ2n) is 8.71. The van der Waals surface area contributed by atoms with Crippen LogP contribution in [-0.4, -0.2) is 22.0 Å². The van der Waals surface area contributed by atoms with Crippen LogP contribution in [0.1, 0.15) is 49.5 Å². The van der Waals surface area contributed by atoms with Gasteiger partial charge in [-0.1, -0.05) is 29.4 Å². The molecule has 0 unspecified atom stereocenters. The number of carbonyl (C=O) groups excluding carboxylic acids is 1. The first-order valence-electron chi connectivity index (χ1n) is 11.5. The van der Waals surface area contributed by atoms with Crippen molar-refractivity contribution in [1.82, 2.24) is 14.3 Å². The molecule has 0 saturated carbocycles. The summed E-state index contributed by atoms with van der Waals surface area (Å²) in [4.78, 5) is 38.9. The number of pyridine rings is 1. The van der Waals surface area contributed by atoms with Crippen LogP contribution < -0.4 is 21.0 Å². The quantitative estimate of drug-likeness (QED) is 0.445. The zero-order valence-electron chi connectivity index (χ0n) is 20.7. The van der Waals surface area contributed by atoms with Crippen molar-refractivity contribution in [2.75, 3.05) is 7.11 Å². The lowest BCUT2D eigenvalue weighted by atomic mass is 10.1. The van der Waals surface area contributed by atoms with Crippen LogP contribution in [0.25, 0.3) is 5.52 Å². The van der Waals surface area contributed by atoms with E-state index in [9.17, 15) is 23.2 Å². The van der Waals surface area contributed by atoms with Crippen LogP contribution in [0.3, 0.4) is 0 Å². The molecule has 36 heavy (non-hydrogen) atoms. The van der Waals surface area contributed by atoms with Crippen LogP contribution in [-0.2, 0) is 13.1 Å². The van der Waals surface area contributed by atoms with Gasteiger partial charge in [-0.05, 0) is 39.7 Å². The first-order valence-corrected chi connectivity index (χ1v) is 11.5. The van der Waals surface area contributed by atoms with Crippen molar-refractivity contribution < 1.29 is 18.3 Å². The van der Waals surface area contributed by atoms with Crippen LogP contribution in [0.4, 0.5) is 8.78 Å². The third-order valence-corrected chi connectivity index (χ3v) is 5.69. The summed E-state index contributed by atoms with van der Waals surface area (Å²) in [5.74, 6) is -2.60. The Hall–Kier alpha value is -4.01. The first-order chi connectivity index (χ1) is 17.1. The van der Waals surface area contributed by atoms with Gasteiger partial charge in [0, 0.05) is 43.3 Å². The van der Waals surface area contributed by atoms with E-state index in [1.807, 2.05) is 26.8 Å². The van der Waals surface area contributed by atoms with Crippen molar-refractivity contribution >= 4 is 11.4 Å². The van der Waals surface area contributed by atoms with Crippen molar-refractivity contribution in [3.8, 4) is 5.75 Å². The lowest BCUT2D eigenvalue weighted by Crippen LogP contribution is -2.31. The molecule has 0 aliphatic heterocycles. The second kappa shape index (κ2) is 11.6. The zero-order valence-corrected chi connectivity index (χ0v) is 20.7. The van der Waals surface area contributed by atoms with E-state index in [0.717, 1.165) is 24.5 Å². The number of aromatic nitrogens is 2. The summed E-state index contributed by atoms with van der Waals surface area (Å²) in [5, 5.41) is 2.45. The van der Waals surface area contributed by atoms with Crippen molar-refractivity contribution in [2.24, 2.45) is 0 Å². The molecule has 2 heterocycles. The molecule has 0 aliphatic carbocycles. The van der Waals surface area contributed by atoms with Gasteiger partial charge < -0.3 is 19.0 Å². The number of nitrogens with one attached hydrogen (secondary N) is 1. The fourth-order valence-electron chi connectivity index (χ4n) is 3.67. The Bertz CT molecular complexity index is 1460. The number of halogens is 2. The van der Waals surface area contributed by atoms with Gasteiger partial charge in [0.1, 0.15) is 17.2 Å². The van der Waals surface area contributed by atoms with Gasteiger partial charge >= 0.3 is 0 Å². The Morgan fingerprint density at radius 1 is 1.11 bits per heavy atom. The van der Waals surface area contributed by atoms with Gasteiger partial charge in [0.05, 0.1) is 7.11 Å². The highest BCUT2D eigenvalue weighted by Crippen LogP contribution is 2.14. The van der Waals surface area contributed by atoms with Crippen molar-refractivity contribution in [1.29, 1.82) is 0 Å². The lowest BCUT2D eigenvalue weighted by molar-refractivity contribution is 0.0948. The molecule has 0 saturated heterocycles. The number of methoxy groups -OCH3 is 1. The number of hydrogen-bond donors (Lipinski definition) is 1. The topological polar surface area (TPSA) is 81.8 Å². The van der Waals surface area contributed by atoms with E-state index in [4.69, 9.17) is 4.74 Å². The number of rotatable bonds is 9. The average molecular weight is 498 g/mol. The molecular weight excluding hydrogens is 468 g/mol. The summed E-state index contributed by atoms with van der Waals surface area (Å²) >= 11 is 0. The number of hydrogen-bond acceptors (Lipinski definition) is 4. The molecule has 0 fully saturated rings. The number of ether oxygens (including phenoxy) is 1. The zero-order chi connectivity index (χ0) is 26.4. The third kappa shape index (κ3) is 6.16. The highest BCUT2D eigenvalue weighted by molar-refractivity contribution is 5.94. The largest absolute Gasteiger partial charge is 0.491 e. The summed E-state index contributed by atoms with van der Waals surface area (Å²) < 4.78 is 35.0. The maximum atomic E-state index is 13.9. The number of nitrogens with zero attached hydrogens (tertiary/aromatic N) is 2. The van der Waals surface area contributed by atoms with Gasteiger partial charge in [-0.25, -0.2) is 8.78 Å². The fraction of sp³-hybridized carbons (Fsp3) is 0.296. The summed E-state index contributed by atoms with van der Waals surface area (Å²) in [7, 11) is 1.25. The lowest BCUT2D eigenvalue weighted by Gasteiger charge is -2.12. The van der Waals surface area contributed by atoms with E-state index < -0.39 is 28.5 Å². The van der Waals surface area contributed by atoms with Crippen molar-refractivity contribution in [3.05, 3.63) is 103 Å². The summed E-state index contributed by atoms with van der Waals surface area (Å²) in [6.07, 6.45) is 10.3. The molecule has 1 amide bonds. The van der Waals surface area contributed by atoms with E-state index >= 15 is 0 Å². The Morgan fingerprint density at radius 3 is 2.53 bits per heavy atom.